The van der Waals surface area contributed by atoms with Gasteiger partial charge in [0.1, 0.15) is 19.3 Å². The van der Waals surface area contributed by atoms with Crippen LogP contribution in [0.2, 0.25) is 0 Å². The Bertz CT molecular complexity index is 1260. The van der Waals surface area contributed by atoms with E-state index in [2.05, 4.69) is 31.5 Å². The van der Waals surface area contributed by atoms with E-state index < -0.39 is 30.0 Å². The molecule has 0 aromatic rings. The minimum Gasteiger partial charge on any atom is -0.481 e. The molecule has 0 heterocycles. The van der Waals surface area contributed by atoms with Crippen LogP contribution in [0.1, 0.15) is 135 Å². The van der Waals surface area contributed by atoms with Gasteiger partial charge in [0, 0.05) is 45.9 Å². The van der Waals surface area contributed by atoms with Crippen molar-refractivity contribution in [1.82, 2.24) is 21.3 Å². The molecule has 0 aromatic heterocycles. The van der Waals surface area contributed by atoms with Crippen molar-refractivity contribution in [2.75, 3.05) is 79.5 Å². The standard InChI is InChI=1S/C42H76N6O14/c1-43-48-35(42(57)58)18-16-17-23-44-38(51)32-61-30-29-60-27-25-46-39(52)33-62-31-28-59-26-24-45-36(49)22-21-34(41(55)56)47-37(50)19-14-12-10-8-6-4-2-3-5-7-9-11-13-15-20-40(53)54/h34-35H,2-33H2,1H3,(H,44,51)(H,45,49)(H,46,52)(H,47,50)(H,53,54)(H,55,56)(H,57,58). The molecule has 0 aliphatic heterocycles. The number of amides is 4. The summed E-state index contributed by atoms with van der Waals surface area (Å²) in [5.74, 6) is -4.26. The van der Waals surface area contributed by atoms with Crippen molar-refractivity contribution in [3.63, 3.8) is 0 Å². The number of carboxylic acids is 3. The van der Waals surface area contributed by atoms with E-state index in [0.717, 1.165) is 44.9 Å². The van der Waals surface area contributed by atoms with E-state index in [1.165, 1.54) is 45.6 Å². The topological polar surface area (TPSA) is 290 Å². The monoisotopic (exact) mass is 889 g/mol. The van der Waals surface area contributed by atoms with Crippen molar-refractivity contribution in [3.05, 3.63) is 0 Å². The van der Waals surface area contributed by atoms with Crippen LogP contribution >= 0.6 is 0 Å². The summed E-state index contributed by atoms with van der Waals surface area (Å²) in [7, 11) is 1.42. The number of carbonyl (C=O) groups excluding carboxylic acids is 4. The number of unbranched alkanes of at least 4 members (excludes halogenated alkanes) is 14. The molecular formula is C42H76N6O14. The Kier molecular flexibility index (Phi) is 39.2. The van der Waals surface area contributed by atoms with Crippen molar-refractivity contribution < 1.29 is 67.8 Å². The zero-order valence-corrected chi connectivity index (χ0v) is 37.0. The van der Waals surface area contributed by atoms with Gasteiger partial charge < -0.3 is 55.5 Å². The molecule has 0 rings (SSSR count). The minimum atomic E-state index is -1.19. The number of carbonyl (C=O) groups is 7. The summed E-state index contributed by atoms with van der Waals surface area (Å²) in [5, 5.41) is 44.8. The first kappa shape index (κ1) is 57.7. The maximum atomic E-state index is 12.3. The lowest BCUT2D eigenvalue weighted by Crippen LogP contribution is -2.41. The van der Waals surface area contributed by atoms with Gasteiger partial charge in [-0.05, 0) is 38.5 Å². The highest BCUT2D eigenvalue weighted by Gasteiger charge is 2.21. The molecule has 0 radical (unpaired) electrons. The summed E-state index contributed by atoms with van der Waals surface area (Å²) in [6.07, 6.45) is 16.9. The van der Waals surface area contributed by atoms with Crippen LogP contribution < -0.4 is 21.3 Å². The summed E-state index contributed by atoms with van der Waals surface area (Å²) in [5.41, 5.74) is 0. The van der Waals surface area contributed by atoms with Crippen molar-refractivity contribution in [3.8, 4) is 0 Å². The fraction of sp³-hybridized carbons (Fsp3) is 0.833. The Morgan fingerprint density at radius 2 is 0.903 bits per heavy atom. The quantitative estimate of drug-likeness (QED) is 0.0339. The average Bonchev–Trinajstić information content (AvgIpc) is 3.23. The van der Waals surface area contributed by atoms with E-state index >= 15 is 0 Å². The molecule has 0 saturated heterocycles. The largest absolute Gasteiger partial charge is 0.481 e. The van der Waals surface area contributed by atoms with Crippen molar-refractivity contribution in [1.29, 1.82) is 0 Å². The van der Waals surface area contributed by atoms with Crippen LogP contribution in [0.3, 0.4) is 0 Å². The maximum absolute atomic E-state index is 12.3. The second kappa shape index (κ2) is 42.1. The Balaban J connectivity index is 3.67. The van der Waals surface area contributed by atoms with Gasteiger partial charge in [-0.2, -0.15) is 10.2 Å². The number of rotatable bonds is 45. The molecule has 0 saturated carbocycles. The first-order valence-corrected chi connectivity index (χ1v) is 22.3. The van der Waals surface area contributed by atoms with Gasteiger partial charge in [0.25, 0.3) is 0 Å². The number of nitrogens with zero attached hydrogens (tertiary/aromatic N) is 2. The normalized spacial score (nSPS) is 12.1. The van der Waals surface area contributed by atoms with Crippen LogP contribution in [0.5, 0.6) is 0 Å². The van der Waals surface area contributed by atoms with E-state index in [-0.39, 0.29) is 115 Å². The Morgan fingerprint density at radius 1 is 0.452 bits per heavy atom. The molecule has 0 aliphatic rings. The maximum Gasteiger partial charge on any atom is 0.330 e. The molecule has 0 aromatic carbocycles. The summed E-state index contributed by atoms with van der Waals surface area (Å²) < 4.78 is 21.3. The van der Waals surface area contributed by atoms with Crippen LogP contribution in [0.25, 0.3) is 0 Å². The molecule has 0 bridgehead atoms. The Morgan fingerprint density at radius 3 is 1.37 bits per heavy atom. The van der Waals surface area contributed by atoms with Crippen LogP contribution in [0, 0.1) is 0 Å². The number of azo groups is 1. The third-order valence-corrected chi connectivity index (χ3v) is 9.45. The lowest BCUT2D eigenvalue weighted by atomic mass is 10.0. The molecule has 62 heavy (non-hydrogen) atoms. The van der Waals surface area contributed by atoms with Crippen LogP contribution in [-0.4, -0.2) is 148 Å². The van der Waals surface area contributed by atoms with Gasteiger partial charge in [-0.1, -0.05) is 77.0 Å². The van der Waals surface area contributed by atoms with Crippen LogP contribution in [0.4, 0.5) is 0 Å². The summed E-state index contributed by atoms with van der Waals surface area (Å²) in [6, 6.07) is -2.02. The molecule has 0 fully saturated rings. The molecule has 2 unspecified atom stereocenters. The van der Waals surface area contributed by atoms with Gasteiger partial charge in [0.05, 0.1) is 39.6 Å². The first-order chi connectivity index (χ1) is 30.0. The number of ether oxygens (including phenoxy) is 4. The zero-order chi connectivity index (χ0) is 45.9. The second-order valence-corrected chi connectivity index (χ2v) is 14.9. The van der Waals surface area contributed by atoms with Crippen molar-refractivity contribution in [2.45, 2.75) is 147 Å². The fourth-order valence-corrected chi connectivity index (χ4v) is 6.03. The number of carboxylic acid groups (broad SMARTS) is 3. The summed E-state index contributed by atoms with van der Waals surface area (Å²) >= 11 is 0. The third-order valence-electron chi connectivity index (χ3n) is 9.45. The molecule has 4 amide bonds. The molecule has 20 heteroatoms. The smallest absolute Gasteiger partial charge is 0.330 e. The predicted octanol–water partition coefficient (Wildman–Crippen LogP) is 3.78. The Hall–Kier alpha value is -4.27. The van der Waals surface area contributed by atoms with Gasteiger partial charge in [-0.25, -0.2) is 9.59 Å². The number of aliphatic carboxylic acids is 3. The first-order valence-electron chi connectivity index (χ1n) is 22.3. The van der Waals surface area contributed by atoms with E-state index in [0.29, 0.717) is 32.2 Å². The predicted molar refractivity (Wildman–Crippen MR) is 229 cm³/mol. The van der Waals surface area contributed by atoms with Gasteiger partial charge >= 0.3 is 17.9 Å². The third kappa shape index (κ3) is 39.8. The lowest BCUT2D eigenvalue weighted by Gasteiger charge is -2.14. The SMILES string of the molecule is CN=NC(CCCCNC(=O)COCCOCCNC(=O)COCCOCCNC(=O)CCC(NC(=O)CCCCCCCCCCCCCCCCC(=O)O)C(=O)O)C(=O)O. The van der Waals surface area contributed by atoms with Crippen LogP contribution in [0.15, 0.2) is 10.2 Å². The van der Waals surface area contributed by atoms with Crippen molar-refractivity contribution >= 4 is 41.5 Å². The summed E-state index contributed by atoms with van der Waals surface area (Å²) in [6.45, 7) is 1.74. The molecular weight excluding hydrogens is 812 g/mol. The van der Waals surface area contributed by atoms with Crippen molar-refractivity contribution in [2.24, 2.45) is 10.2 Å². The number of nitrogens with one attached hydrogen (secondary N) is 4. The van der Waals surface area contributed by atoms with Crippen LogP contribution in [-0.2, 0) is 52.5 Å². The lowest BCUT2D eigenvalue weighted by molar-refractivity contribution is -0.142. The molecule has 358 valence electrons. The Labute approximate surface area is 366 Å². The molecule has 7 N–H and O–H groups in total. The molecule has 2 atom stereocenters. The molecule has 20 nitrogen and oxygen atoms in total. The molecule has 0 aliphatic carbocycles. The zero-order valence-electron chi connectivity index (χ0n) is 37.0. The van der Waals surface area contributed by atoms with Gasteiger partial charge in [-0.3, -0.25) is 24.0 Å². The highest BCUT2D eigenvalue weighted by atomic mass is 16.5. The summed E-state index contributed by atoms with van der Waals surface area (Å²) in [4.78, 5) is 81.4. The van der Waals surface area contributed by atoms with E-state index in [1.807, 2.05) is 0 Å². The average molecular weight is 889 g/mol. The highest BCUT2D eigenvalue weighted by Crippen LogP contribution is 2.14. The van der Waals surface area contributed by atoms with Gasteiger partial charge in [0.2, 0.25) is 23.6 Å². The van der Waals surface area contributed by atoms with E-state index in [4.69, 9.17) is 29.2 Å². The van der Waals surface area contributed by atoms with E-state index in [9.17, 15) is 38.7 Å². The number of hydrogen-bond donors (Lipinski definition) is 7. The number of hydrogen-bond acceptors (Lipinski definition) is 13. The van der Waals surface area contributed by atoms with Gasteiger partial charge in [-0.15, -0.1) is 0 Å². The minimum absolute atomic E-state index is 0.0329. The second-order valence-electron chi connectivity index (χ2n) is 14.9. The molecule has 0 spiro atoms. The van der Waals surface area contributed by atoms with Gasteiger partial charge in [0.15, 0.2) is 6.04 Å². The highest BCUT2D eigenvalue weighted by molar-refractivity contribution is 5.84. The van der Waals surface area contributed by atoms with E-state index in [1.54, 1.807) is 0 Å². The fourth-order valence-electron chi connectivity index (χ4n) is 6.03.